The van der Waals surface area contributed by atoms with E-state index >= 15 is 0 Å². The summed E-state index contributed by atoms with van der Waals surface area (Å²) in [6.45, 7) is 3.25. The van der Waals surface area contributed by atoms with Crippen LogP contribution in [0.25, 0.3) is 0 Å². The molecule has 0 aromatic heterocycles. The summed E-state index contributed by atoms with van der Waals surface area (Å²) in [5.74, 6) is 0.130. The number of rotatable bonds is 1. The van der Waals surface area contributed by atoms with Crippen LogP contribution in [0.3, 0.4) is 0 Å². The Hall–Kier alpha value is 1.75. The summed E-state index contributed by atoms with van der Waals surface area (Å²) in [5.41, 5.74) is 0. The van der Waals surface area contributed by atoms with E-state index in [1.54, 1.807) is 6.92 Å². The predicted octanol–water partition coefficient (Wildman–Crippen LogP) is 0.795. The van der Waals surface area contributed by atoms with E-state index < -0.39 is 0 Å². The van der Waals surface area contributed by atoms with E-state index in [1.165, 1.54) is 13.3 Å². The Kier molecular flexibility index (Phi) is 24.2. The van der Waals surface area contributed by atoms with Gasteiger partial charge >= 0.3 is 0 Å². The van der Waals surface area contributed by atoms with Crippen LogP contribution in [0.2, 0.25) is 0 Å². The van der Waals surface area contributed by atoms with Crippen LogP contribution in [0.5, 0.6) is 0 Å². The number of Topliss-reactive ketones (excluding diaryl/α,β-unsaturated/α-hetero) is 1. The van der Waals surface area contributed by atoms with Crippen LogP contribution in [0, 0.1) is 6.42 Å². The van der Waals surface area contributed by atoms with Crippen molar-refractivity contribution in [1.82, 2.24) is 0 Å². The third kappa shape index (κ3) is 18.2. The molecular formula is C4H7OY2-. The first-order chi connectivity index (χ1) is 2.27. The molecule has 0 amide bonds. The number of carbonyl (C=O) groups is 1. The van der Waals surface area contributed by atoms with E-state index in [-0.39, 0.29) is 71.2 Å². The summed E-state index contributed by atoms with van der Waals surface area (Å²) in [4.78, 5) is 9.76. The zero-order valence-electron chi connectivity index (χ0n) is 4.64. The molecule has 36 valence electrons. The first-order valence-electron chi connectivity index (χ1n) is 1.57. The minimum absolute atomic E-state index is 0. The molecule has 0 atom stereocenters. The topological polar surface area (TPSA) is 17.1 Å². The van der Waals surface area contributed by atoms with E-state index in [4.69, 9.17) is 0 Å². The van der Waals surface area contributed by atoms with Crippen molar-refractivity contribution in [2.45, 2.75) is 13.8 Å². The van der Waals surface area contributed by atoms with Crippen molar-refractivity contribution in [3.8, 4) is 0 Å². The van der Waals surface area contributed by atoms with Crippen molar-refractivity contribution in [1.29, 1.82) is 0 Å². The molecule has 0 aliphatic rings. The first kappa shape index (κ1) is 15.9. The average Bonchev–Trinajstić information content (AvgIpc) is 1.38. The normalized spacial score (nSPS) is 4.86. The number of hydrogen-bond acceptors (Lipinski definition) is 1. The second kappa shape index (κ2) is 10.7. The van der Waals surface area contributed by atoms with Crippen LogP contribution in [0.1, 0.15) is 13.8 Å². The maximum absolute atomic E-state index is 9.76. The van der Waals surface area contributed by atoms with Gasteiger partial charge in [-0.05, 0) is 12.7 Å². The van der Waals surface area contributed by atoms with Crippen molar-refractivity contribution in [3.05, 3.63) is 6.42 Å². The van der Waals surface area contributed by atoms with Gasteiger partial charge in [0.25, 0.3) is 0 Å². The van der Waals surface area contributed by atoms with Crippen molar-refractivity contribution in [3.63, 3.8) is 0 Å². The second-order valence-electron chi connectivity index (χ2n) is 0.899. The molecule has 0 unspecified atom stereocenters. The van der Waals surface area contributed by atoms with Gasteiger partial charge in [-0.1, -0.05) is 0 Å². The van der Waals surface area contributed by atoms with Gasteiger partial charge in [0.05, 0.1) is 0 Å². The van der Waals surface area contributed by atoms with Crippen LogP contribution in [-0.2, 0) is 70.2 Å². The fourth-order valence-electron chi connectivity index (χ4n) is 0. The molecule has 3 heteroatoms. The van der Waals surface area contributed by atoms with Crippen molar-refractivity contribution < 1.29 is 70.2 Å². The molecule has 0 saturated heterocycles. The van der Waals surface area contributed by atoms with E-state index in [9.17, 15) is 4.79 Å². The Morgan fingerprint density at radius 2 is 1.57 bits per heavy atom. The molecule has 0 N–H and O–H groups in total. The second-order valence-corrected chi connectivity index (χ2v) is 0.899. The van der Waals surface area contributed by atoms with Gasteiger partial charge in [0.2, 0.25) is 0 Å². The molecule has 0 rings (SSSR count). The third-order valence-corrected chi connectivity index (χ3v) is 0.407. The summed E-state index contributed by atoms with van der Waals surface area (Å²) in [7, 11) is 0. The summed E-state index contributed by atoms with van der Waals surface area (Å²) < 4.78 is 0. The van der Waals surface area contributed by atoms with Gasteiger partial charge < -0.3 is 11.2 Å². The van der Waals surface area contributed by atoms with Gasteiger partial charge in [-0.25, -0.2) is 0 Å². The van der Waals surface area contributed by atoms with Gasteiger partial charge in [-0.2, -0.15) is 6.92 Å². The number of hydrogen-bond donors (Lipinski definition) is 0. The van der Waals surface area contributed by atoms with Crippen molar-refractivity contribution in [2.75, 3.05) is 0 Å². The summed E-state index contributed by atoms with van der Waals surface area (Å²) in [6, 6.07) is 0. The van der Waals surface area contributed by atoms with Gasteiger partial charge in [0, 0.05) is 65.4 Å². The first-order valence-corrected chi connectivity index (χ1v) is 1.57. The van der Waals surface area contributed by atoms with E-state index in [2.05, 4.69) is 0 Å². The standard InChI is InChI=1S/C4H7O.2Y/c1-3-4(2)5;;/h3H,1-2H3;;/q-1;;. The van der Waals surface area contributed by atoms with Crippen LogP contribution < -0.4 is 0 Å². The van der Waals surface area contributed by atoms with Crippen LogP contribution in [0.4, 0.5) is 0 Å². The minimum atomic E-state index is 0. The van der Waals surface area contributed by atoms with Crippen LogP contribution in [-0.4, -0.2) is 5.78 Å². The Morgan fingerprint density at radius 1 is 1.43 bits per heavy atom. The monoisotopic (exact) mass is 249 g/mol. The summed E-state index contributed by atoms with van der Waals surface area (Å²) in [6.07, 6.45) is 1.53. The van der Waals surface area contributed by atoms with Crippen LogP contribution >= 0.6 is 0 Å². The zero-order valence-corrected chi connectivity index (χ0v) is 10.3. The quantitative estimate of drug-likeness (QED) is 0.628. The molecule has 7 heavy (non-hydrogen) atoms. The fourth-order valence-corrected chi connectivity index (χ4v) is 0. The number of ketones is 1. The molecule has 0 heterocycles. The Balaban J connectivity index is -0.0000000800. The smallest absolute Gasteiger partial charge is 0 e. The summed E-state index contributed by atoms with van der Waals surface area (Å²) in [5, 5.41) is 0. The molecular weight excluding hydrogens is 242 g/mol. The molecule has 0 aromatic rings. The fraction of sp³-hybridized carbons (Fsp3) is 0.500. The maximum Gasteiger partial charge on any atom is 0 e. The van der Waals surface area contributed by atoms with Crippen LogP contribution in [0.15, 0.2) is 0 Å². The Labute approximate surface area is 94.8 Å². The largest absolute Gasteiger partial charge is 0.335 e. The predicted molar refractivity (Wildman–Crippen MR) is 20.7 cm³/mol. The Bertz CT molecular complexity index is 45.0. The molecule has 0 aliphatic carbocycles. The molecule has 0 saturated carbocycles. The van der Waals surface area contributed by atoms with Gasteiger partial charge in [-0.15, -0.1) is 0 Å². The molecule has 0 bridgehead atoms. The molecule has 2 radical (unpaired) electrons. The molecule has 0 spiro atoms. The third-order valence-electron chi connectivity index (χ3n) is 0.407. The van der Waals surface area contributed by atoms with E-state index in [1.807, 2.05) is 0 Å². The van der Waals surface area contributed by atoms with Crippen molar-refractivity contribution >= 4 is 5.78 Å². The molecule has 0 fully saturated rings. The van der Waals surface area contributed by atoms with Gasteiger partial charge in [-0.3, -0.25) is 0 Å². The van der Waals surface area contributed by atoms with E-state index in [0.29, 0.717) is 0 Å². The molecule has 0 aromatic carbocycles. The van der Waals surface area contributed by atoms with Gasteiger partial charge in [0.15, 0.2) is 0 Å². The van der Waals surface area contributed by atoms with E-state index in [0.717, 1.165) is 0 Å². The Morgan fingerprint density at radius 3 is 1.57 bits per heavy atom. The van der Waals surface area contributed by atoms with Gasteiger partial charge in [0.1, 0.15) is 0 Å². The molecule has 1 nitrogen and oxygen atoms in total. The van der Waals surface area contributed by atoms with Crippen molar-refractivity contribution in [2.24, 2.45) is 0 Å². The summed E-state index contributed by atoms with van der Waals surface area (Å²) >= 11 is 0. The molecule has 0 aliphatic heterocycles. The average molecular weight is 249 g/mol. The maximum atomic E-state index is 9.76. The number of carbonyl (C=O) groups excluding carboxylic acids is 1. The SMILES string of the molecule is C[CH-]C(C)=O.[Y].[Y]. The zero-order chi connectivity index (χ0) is 4.28. The minimum Gasteiger partial charge on any atom is -0.335 e.